The molecular weight excluding hydrogens is 615 g/mol. The molecule has 2 aliphatic rings. The largest absolute Gasteiger partial charge is 0.490 e. The number of rotatable bonds is 9. The van der Waals surface area contributed by atoms with Gasteiger partial charge in [0.05, 0.1) is 23.1 Å². The van der Waals surface area contributed by atoms with E-state index in [-0.39, 0.29) is 28.7 Å². The number of likely N-dealkylation sites (tertiary alicyclic amines) is 1. The van der Waals surface area contributed by atoms with Crippen LogP contribution in [0.1, 0.15) is 28.8 Å². The predicted octanol–water partition coefficient (Wildman–Crippen LogP) is 3.55. The molecule has 3 amide bonds. The Balaban J connectivity index is 1.41. The molecule has 0 spiro atoms. The van der Waals surface area contributed by atoms with E-state index in [2.05, 4.69) is 10.3 Å². The Labute approximate surface area is 249 Å². The van der Waals surface area contributed by atoms with Gasteiger partial charge in [-0.25, -0.2) is 0 Å². The molecule has 5 rings (SSSR count). The first-order valence-corrected chi connectivity index (χ1v) is 14.4. The number of aromatic amines is 1. The minimum absolute atomic E-state index is 0.0671. The number of H-pyrrole nitrogens is 1. The van der Waals surface area contributed by atoms with Crippen LogP contribution in [-0.4, -0.2) is 63.7 Å². The van der Waals surface area contributed by atoms with Gasteiger partial charge < -0.3 is 24.9 Å². The van der Waals surface area contributed by atoms with E-state index in [1.807, 2.05) is 0 Å². The van der Waals surface area contributed by atoms with Crippen LogP contribution >= 0.6 is 23.1 Å². The van der Waals surface area contributed by atoms with Crippen LogP contribution in [0.4, 0.5) is 18.9 Å². The number of nitrogens with one attached hydrogen (secondary N) is 2. The number of amides is 3. The van der Waals surface area contributed by atoms with Gasteiger partial charge in [0.25, 0.3) is 5.91 Å². The van der Waals surface area contributed by atoms with Gasteiger partial charge >= 0.3 is 17.0 Å². The third kappa shape index (κ3) is 6.10. The minimum atomic E-state index is -4.58. The van der Waals surface area contributed by atoms with Gasteiger partial charge in [-0.15, -0.1) is 0 Å². The zero-order chi connectivity index (χ0) is 31.1. The number of anilines is 1. The number of aromatic nitrogens is 1. The number of nitrogens with zero attached hydrogens (tertiary/aromatic N) is 1. The van der Waals surface area contributed by atoms with Crippen LogP contribution in [0.5, 0.6) is 11.5 Å². The molecule has 16 heteroatoms. The molecule has 1 fully saturated rings. The Morgan fingerprint density at radius 3 is 2.53 bits per heavy atom. The van der Waals surface area contributed by atoms with Crippen LogP contribution in [0.3, 0.4) is 0 Å². The molecule has 2 aliphatic heterocycles. The van der Waals surface area contributed by atoms with Crippen LogP contribution in [0.25, 0.3) is 0 Å². The fraction of sp³-hybridized carbons (Fsp3) is 0.296. The fourth-order valence-electron chi connectivity index (χ4n) is 4.94. The number of carbonyl (C=O) groups is 4. The minimum Gasteiger partial charge on any atom is -0.490 e. The van der Waals surface area contributed by atoms with Crippen LogP contribution in [-0.2, 0) is 25.4 Å². The second-order valence-electron chi connectivity index (χ2n) is 9.46. The van der Waals surface area contributed by atoms with Crippen molar-refractivity contribution in [3.05, 3.63) is 68.1 Å². The molecule has 11 nitrogen and oxygen atoms in total. The highest BCUT2D eigenvalue weighted by Gasteiger charge is 2.56. The number of halogens is 3. The molecule has 1 aromatic heterocycles. The number of carboxylic acid groups (broad SMARTS) is 1. The van der Waals surface area contributed by atoms with Crippen molar-refractivity contribution < 1.29 is 46.9 Å². The van der Waals surface area contributed by atoms with Gasteiger partial charge in [0, 0.05) is 16.5 Å². The van der Waals surface area contributed by atoms with Gasteiger partial charge in [-0.1, -0.05) is 35.2 Å². The number of carboxylic acids is 1. The molecule has 43 heavy (non-hydrogen) atoms. The molecular formula is C27H22F3N3O8S2. The normalized spacial score (nSPS) is 19.5. The Morgan fingerprint density at radius 2 is 1.84 bits per heavy atom. The summed E-state index contributed by atoms with van der Waals surface area (Å²) in [6.45, 7) is 0.515. The monoisotopic (exact) mass is 637 g/mol. The molecule has 0 radical (unpaired) electrons. The molecule has 0 saturated carbocycles. The third-order valence-corrected chi connectivity index (χ3v) is 9.07. The number of hydrogen-bond acceptors (Lipinski definition) is 9. The highest BCUT2D eigenvalue weighted by atomic mass is 32.2. The highest BCUT2D eigenvalue weighted by molar-refractivity contribution is 8.00. The van der Waals surface area contributed by atoms with Gasteiger partial charge in [0.2, 0.25) is 11.8 Å². The number of ether oxygens (including phenoxy) is 2. The number of thioether (sulfide) groups is 1. The number of carbonyl (C=O) groups excluding carboxylic acids is 3. The summed E-state index contributed by atoms with van der Waals surface area (Å²) < 4.78 is 50.3. The van der Waals surface area contributed by atoms with E-state index in [4.69, 9.17) is 9.47 Å². The topological polar surface area (TPSA) is 155 Å². The number of fused-ring (bicyclic) bond motifs is 2. The Morgan fingerprint density at radius 1 is 1.07 bits per heavy atom. The van der Waals surface area contributed by atoms with E-state index in [0.717, 1.165) is 41.3 Å². The number of hydrogen-bond donors (Lipinski definition) is 3. The van der Waals surface area contributed by atoms with Gasteiger partial charge in [0.1, 0.15) is 11.8 Å². The van der Waals surface area contributed by atoms with Gasteiger partial charge in [-0.3, -0.25) is 28.9 Å². The number of thiazole rings is 1. The molecule has 2 aromatic carbocycles. The molecule has 0 aliphatic carbocycles. The summed E-state index contributed by atoms with van der Waals surface area (Å²) in [7, 11) is 0. The van der Waals surface area contributed by atoms with Crippen LogP contribution in [0.2, 0.25) is 0 Å². The summed E-state index contributed by atoms with van der Waals surface area (Å²) in [5.41, 5.74) is -0.509. The van der Waals surface area contributed by atoms with E-state index >= 15 is 0 Å². The lowest BCUT2D eigenvalue weighted by Gasteiger charge is -2.30. The van der Waals surface area contributed by atoms with Crippen molar-refractivity contribution in [2.75, 3.05) is 25.1 Å². The highest BCUT2D eigenvalue weighted by Crippen LogP contribution is 2.53. The summed E-state index contributed by atoms with van der Waals surface area (Å²) in [4.78, 5) is 65.9. The molecule has 3 heterocycles. The molecule has 1 saturated heterocycles. The first kappa shape index (κ1) is 30.2. The van der Waals surface area contributed by atoms with E-state index in [1.54, 1.807) is 19.1 Å². The summed E-state index contributed by atoms with van der Waals surface area (Å²) >= 11 is 1.88. The van der Waals surface area contributed by atoms with Gasteiger partial charge in [0.15, 0.2) is 18.1 Å². The number of alkyl halides is 3. The summed E-state index contributed by atoms with van der Waals surface area (Å²) in [5, 5.41) is 11.0. The van der Waals surface area contributed by atoms with Crippen LogP contribution < -0.4 is 19.7 Å². The van der Waals surface area contributed by atoms with Crippen molar-refractivity contribution in [2.24, 2.45) is 5.92 Å². The predicted molar refractivity (Wildman–Crippen MR) is 147 cm³/mol. The lowest BCUT2D eigenvalue weighted by Crippen LogP contribution is -2.36. The SMILES string of the molecule is CCOc1cc([C@@H]2c3sc(=O)[nH]c3S[C@@H]3C(=O)N(CC(=O)O)C(=O)[C@H]23)ccc1OCC(=O)Nc1cccc(C(F)(F)F)c1. The van der Waals surface area contributed by atoms with Crippen molar-refractivity contribution in [3.63, 3.8) is 0 Å². The van der Waals surface area contributed by atoms with E-state index in [0.29, 0.717) is 20.4 Å². The first-order chi connectivity index (χ1) is 20.4. The number of aliphatic carboxylic acids is 1. The fourth-order valence-corrected chi connectivity index (χ4v) is 7.48. The summed E-state index contributed by atoms with van der Waals surface area (Å²) in [6.07, 6.45) is -4.58. The van der Waals surface area contributed by atoms with Crippen LogP contribution in [0, 0.1) is 5.92 Å². The smallest absolute Gasteiger partial charge is 0.416 e. The Kier molecular flexibility index (Phi) is 8.25. The van der Waals surface area contributed by atoms with Gasteiger partial charge in [-0.05, 0) is 42.8 Å². The summed E-state index contributed by atoms with van der Waals surface area (Å²) in [5.74, 6) is -4.91. The second-order valence-corrected chi connectivity index (χ2v) is 11.6. The lowest BCUT2D eigenvalue weighted by molar-refractivity contribution is -0.149. The zero-order valence-electron chi connectivity index (χ0n) is 22.1. The van der Waals surface area contributed by atoms with E-state index < -0.39 is 65.7 Å². The average molecular weight is 638 g/mol. The van der Waals surface area contributed by atoms with Crippen molar-refractivity contribution in [1.29, 1.82) is 0 Å². The molecule has 3 atom stereocenters. The quantitative estimate of drug-likeness (QED) is 0.299. The van der Waals surface area contributed by atoms with Crippen molar-refractivity contribution in [3.8, 4) is 11.5 Å². The first-order valence-electron chi connectivity index (χ1n) is 12.7. The maximum absolute atomic E-state index is 13.3. The van der Waals surface area contributed by atoms with Crippen molar-refractivity contribution in [2.45, 2.75) is 29.3 Å². The van der Waals surface area contributed by atoms with Crippen molar-refractivity contribution in [1.82, 2.24) is 9.88 Å². The lowest BCUT2D eigenvalue weighted by atomic mass is 9.83. The zero-order valence-corrected chi connectivity index (χ0v) is 23.7. The van der Waals surface area contributed by atoms with Gasteiger partial charge in [-0.2, -0.15) is 13.2 Å². The Hall–Kier alpha value is -4.31. The molecule has 3 N–H and O–H groups in total. The number of imide groups is 1. The maximum atomic E-state index is 13.3. The van der Waals surface area contributed by atoms with Crippen LogP contribution in [0.15, 0.2) is 52.3 Å². The maximum Gasteiger partial charge on any atom is 0.416 e. The Bertz CT molecular complexity index is 1670. The van der Waals surface area contributed by atoms with Crippen molar-refractivity contribution >= 4 is 52.5 Å². The average Bonchev–Trinajstić information content (AvgIpc) is 3.42. The van der Waals surface area contributed by atoms with E-state index in [9.17, 15) is 42.3 Å². The second kappa shape index (κ2) is 11.8. The number of benzene rings is 2. The molecule has 3 aromatic rings. The molecule has 0 bridgehead atoms. The summed E-state index contributed by atoms with van der Waals surface area (Å²) in [6, 6.07) is 8.74. The van der Waals surface area contributed by atoms with E-state index in [1.165, 1.54) is 12.1 Å². The molecule has 0 unspecified atom stereocenters. The third-order valence-electron chi connectivity index (χ3n) is 6.67. The molecule has 226 valence electrons. The standard InChI is InChI=1S/C27H22F3N3O8S2/c1-2-40-16-8-12(6-7-15(16)41-11-17(34)31-14-5-3-4-13(9-14)27(28,29)30)19-20-22(42-23-21(19)43-26(39)32-23)25(38)33(24(20)37)10-18(35)36/h3-9,19-20,22H,2,10-11H2,1H3,(H,31,34)(H,32,39)(H,35,36)/t19-,20+,22-/m0/s1.